The van der Waals surface area contributed by atoms with E-state index < -0.39 is 0 Å². The van der Waals surface area contributed by atoms with Gasteiger partial charge in [-0.05, 0) is 48.0 Å². The Hall–Kier alpha value is -4.20. The van der Waals surface area contributed by atoms with Gasteiger partial charge in [0.15, 0.2) is 5.65 Å². The van der Waals surface area contributed by atoms with Crippen molar-refractivity contribution in [3.63, 3.8) is 0 Å². The average molecular weight is 538 g/mol. The van der Waals surface area contributed by atoms with Crippen molar-refractivity contribution in [3.8, 4) is 28.3 Å². The third-order valence-corrected chi connectivity index (χ3v) is 7.33. The van der Waals surface area contributed by atoms with Crippen LogP contribution in [0.25, 0.3) is 28.2 Å². The highest BCUT2D eigenvalue weighted by molar-refractivity contribution is 6.30. The Balaban J connectivity index is 1.32. The van der Waals surface area contributed by atoms with Crippen LogP contribution in [0.15, 0.2) is 91.0 Å². The zero-order chi connectivity index (χ0) is 26.8. The molecule has 0 N–H and O–H groups in total. The van der Waals surface area contributed by atoms with E-state index in [2.05, 4.69) is 29.2 Å². The molecule has 39 heavy (non-hydrogen) atoms. The van der Waals surface area contributed by atoms with Crippen LogP contribution >= 0.6 is 11.6 Å². The second-order valence-electron chi connectivity index (χ2n) is 9.62. The van der Waals surface area contributed by atoms with E-state index in [0.29, 0.717) is 35.1 Å². The Bertz CT molecular complexity index is 1590. The van der Waals surface area contributed by atoms with E-state index in [1.165, 1.54) is 5.56 Å². The highest BCUT2D eigenvalue weighted by Gasteiger charge is 2.26. The SMILES string of the molecule is COc1ccc(-c2cc(C(=O)N3CCN(Cc4ccccc4)CC3)n3nc(-c4ccc(Cl)cc4)cc3n2)cc1. The number of ether oxygens (including phenoxy) is 1. The monoisotopic (exact) mass is 537 g/mol. The zero-order valence-electron chi connectivity index (χ0n) is 21.6. The molecule has 0 saturated carbocycles. The summed E-state index contributed by atoms with van der Waals surface area (Å²) >= 11 is 6.10. The Kier molecular flexibility index (Phi) is 7.00. The Morgan fingerprint density at radius 1 is 0.846 bits per heavy atom. The van der Waals surface area contributed by atoms with Crippen molar-refractivity contribution in [2.75, 3.05) is 33.3 Å². The van der Waals surface area contributed by atoms with Gasteiger partial charge in [-0.15, -0.1) is 0 Å². The molecule has 196 valence electrons. The summed E-state index contributed by atoms with van der Waals surface area (Å²) in [5, 5.41) is 5.45. The van der Waals surface area contributed by atoms with Gasteiger partial charge in [-0.3, -0.25) is 9.69 Å². The van der Waals surface area contributed by atoms with E-state index in [0.717, 1.165) is 42.2 Å². The van der Waals surface area contributed by atoms with E-state index in [4.69, 9.17) is 26.4 Å². The fraction of sp³-hybridized carbons (Fsp3) is 0.194. The number of methoxy groups -OCH3 is 1. The molecule has 2 aromatic heterocycles. The van der Waals surface area contributed by atoms with E-state index in [9.17, 15) is 4.79 Å². The maximum atomic E-state index is 13.9. The first-order valence-corrected chi connectivity index (χ1v) is 13.3. The molecule has 1 amide bonds. The minimum absolute atomic E-state index is 0.0534. The summed E-state index contributed by atoms with van der Waals surface area (Å²) in [7, 11) is 1.64. The number of hydrogen-bond acceptors (Lipinski definition) is 5. The number of nitrogens with zero attached hydrogens (tertiary/aromatic N) is 5. The maximum Gasteiger partial charge on any atom is 0.272 e. The molecule has 0 unspecified atom stereocenters. The molecule has 8 heteroatoms. The van der Waals surface area contributed by atoms with Crippen LogP contribution in [0.4, 0.5) is 0 Å². The molecule has 3 heterocycles. The number of hydrogen-bond donors (Lipinski definition) is 0. The van der Waals surface area contributed by atoms with Crippen molar-refractivity contribution in [1.82, 2.24) is 24.4 Å². The van der Waals surface area contributed by atoms with Crippen LogP contribution in [0.5, 0.6) is 5.75 Å². The van der Waals surface area contributed by atoms with Gasteiger partial charge in [-0.1, -0.05) is 54.1 Å². The predicted octanol–water partition coefficient (Wildman–Crippen LogP) is 5.68. The molecule has 0 aliphatic carbocycles. The first kappa shape index (κ1) is 25.1. The van der Waals surface area contributed by atoms with Gasteiger partial charge in [0, 0.05) is 54.9 Å². The number of carbonyl (C=O) groups excluding carboxylic acids is 1. The van der Waals surface area contributed by atoms with Crippen molar-refractivity contribution in [1.29, 1.82) is 0 Å². The van der Waals surface area contributed by atoms with Crippen LogP contribution in [0.1, 0.15) is 16.1 Å². The van der Waals surface area contributed by atoms with E-state index >= 15 is 0 Å². The molecule has 5 aromatic rings. The summed E-state index contributed by atoms with van der Waals surface area (Å²) in [5.74, 6) is 0.709. The molecule has 0 atom stereocenters. The smallest absolute Gasteiger partial charge is 0.272 e. The van der Waals surface area contributed by atoms with Gasteiger partial charge in [0.1, 0.15) is 11.4 Å². The maximum absolute atomic E-state index is 13.9. The average Bonchev–Trinajstić information content (AvgIpc) is 3.42. The number of halogens is 1. The molecule has 7 nitrogen and oxygen atoms in total. The number of rotatable bonds is 6. The van der Waals surface area contributed by atoms with Crippen molar-refractivity contribution in [2.45, 2.75) is 6.54 Å². The molecule has 1 aliphatic rings. The van der Waals surface area contributed by atoms with Gasteiger partial charge < -0.3 is 9.64 Å². The summed E-state index contributed by atoms with van der Waals surface area (Å²) in [6.07, 6.45) is 0. The lowest BCUT2D eigenvalue weighted by Gasteiger charge is -2.34. The number of aromatic nitrogens is 3. The summed E-state index contributed by atoms with van der Waals surface area (Å²) in [6, 6.07) is 29.4. The summed E-state index contributed by atoms with van der Waals surface area (Å²) in [6.45, 7) is 3.82. The largest absolute Gasteiger partial charge is 0.497 e. The molecular weight excluding hydrogens is 510 g/mol. The second kappa shape index (κ2) is 10.9. The fourth-order valence-corrected chi connectivity index (χ4v) is 5.04. The van der Waals surface area contributed by atoms with Crippen LogP contribution in [0.2, 0.25) is 5.02 Å². The van der Waals surface area contributed by atoms with Crippen molar-refractivity contribution < 1.29 is 9.53 Å². The van der Waals surface area contributed by atoms with Crippen LogP contribution in [0.3, 0.4) is 0 Å². The third kappa shape index (κ3) is 5.37. The molecule has 1 saturated heterocycles. The number of fused-ring (bicyclic) bond motifs is 1. The molecule has 0 radical (unpaired) electrons. The molecule has 1 fully saturated rings. The second-order valence-corrected chi connectivity index (χ2v) is 10.1. The standard InChI is InChI=1S/C31H28ClN5O2/c1-39-26-13-9-23(10-14-26)27-19-29(37-30(33-27)20-28(34-37)24-7-11-25(32)12-8-24)31(38)36-17-15-35(16-18-36)21-22-5-3-2-4-6-22/h2-14,19-20H,15-18,21H2,1H3. The van der Waals surface area contributed by atoms with Gasteiger partial charge in [-0.2, -0.15) is 5.10 Å². The Labute approximate surface area is 232 Å². The van der Waals surface area contributed by atoms with E-state index in [-0.39, 0.29) is 5.91 Å². The zero-order valence-corrected chi connectivity index (χ0v) is 22.4. The normalized spacial score (nSPS) is 14.1. The quantitative estimate of drug-likeness (QED) is 0.279. The fourth-order valence-electron chi connectivity index (χ4n) is 4.91. The van der Waals surface area contributed by atoms with E-state index in [1.54, 1.807) is 11.6 Å². The number of carbonyl (C=O) groups is 1. The van der Waals surface area contributed by atoms with Gasteiger partial charge in [0.2, 0.25) is 0 Å². The molecule has 0 spiro atoms. The first-order valence-electron chi connectivity index (χ1n) is 12.9. The van der Waals surface area contributed by atoms with Gasteiger partial charge in [0.25, 0.3) is 5.91 Å². The Morgan fingerprint density at radius 2 is 1.51 bits per heavy atom. The van der Waals surface area contributed by atoms with Crippen LogP contribution in [-0.4, -0.2) is 63.6 Å². The first-order chi connectivity index (χ1) is 19.1. The summed E-state index contributed by atoms with van der Waals surface area (Å²) in [5.41, 5.74) is 5.62. The van der Waals surface area contributed by atoms with Gasteiger partial charge in [-0.25, -0.2) is 9.50 Å². The van der Waals surface area contributed by atoms with Crippen LogP contribution in [0, 0.1) is 0 Å². The Morgan fingerprint density at radius 3 is 2.21 bits per heavy atom. The lowest BCUT2D eigenvalue weighted by atomic mass is 10.1. The molecule has 1 aliphatic heterocycles. The number of benzene rings is 3. The minimum Gasteiger partial charge on any atom is -0.497 e. The summed E-state index contributed by atoms with van der Waals surface area (Å²) in [4.78, 5) is 23.1. The van der Waals surface area contributed by atoms with E-state index in [1.807, 2.05) is 71.6 Å². The topological polar surface area (TPSA) is 63.0 Å². The highest BCUT2D eigenvalue weighted by atomic mass is 35.5. The number of piperazine rings is 1. The lowest BCUT2D eigenvalue weighted by Crippen LogP contribution is -2.48. The number of amides is 1. The van der Waals surface area contributed by atoms with Gasteiger partial charge >= 0.3 is 0 Å². The van der Waals surface area contributed by atoms with Crippen molar-refractivity contribution >= 4 is 23.2 Å². The highest BCUT2D eigenvalue weighted by Crippen LogP contribution is 2.27. The summed E-state index contributed by atoms with van der Waals surface area (Å²) < 4.78 is 6.98. The minimum atomic E-state index is -0.0534. The molecule has 0 bridgehead atoms. The molecule has 6 rings (SSSR count). The van der Waals surface area contributed by atoms with Crippen molar-refractivity contribution in [3.05, 3.63) is 107 Å². The van der Waals surface area contributed by atoms with Gasteiger partial charge in [0.05, 0.1) is 18.5 Å². The van der Waals surface area contributed by atoms with Crippen LogP contribution in [-0.2, 0) is 6.54 Å². The lowest BCUT2D eigenvalue weighted by molar-refractivity contribution is 0.0620. The van der Waals surface area contributed by atoms with Crippen molar-refractivity contribution in [2.24, 2.45) is 0 Å². The molecular formula is C31H28ClN5O2. The molecule has 3 aromatic carbocycles. The third-order valence-electron chi connectivity index (χ3n) is 7.08. The predicted molar refractivity (Wildman–Crippen MR) is 153 cm³/mol. The van der Waals surface area contributed by atoms with Crippen LogP contribution < -0.4 is 4.74 Å².